The molecule has 2 aromatic rings. The lowest BCUT2D eigenvalue weighted by Gasteiger charge is -2.20. The van der Waals surface area contributed by atoms with Crippen LogP contribution in [0.1, 0.15) is 31.9 Å². The molecule has 0 unspecified atom stereocenters. The van der Waals surface area contributed by atoms with Gasteiger partial charge in [0.05, 0.1) is 19.0 Å². The predicted molar refractivity (Wildman–Crippen MR) is 89.9 cm³/mol. The number of hydrogen-bond donors (Lipinski definition) is 1. The monoisotopic (exact) mass is 314 g/mol. The number of methoxy groups -OCH3 is 1. The van der Waals surface area contributed by atoms with Gasteiger partial charge in [0.1, 0.15) is 5.60 Å². The molecule has 23 heavy (non-hydrogen) atoms. The van der Waals surface area contributed by atoms with Crippen molar-refractivity contribution in [1.29, 1.82) is 0 Å². The van der Waals surface area contributed by atoms with Gasteiger partial charge in [0, 0.05) is 12.0 Å². The van der Waals surface area contributed by atoms with Crippen molar-refractivity contribution < 1.29 is 14.3 Å². The van der Waals surface area contributed by atoms with E-state index in [2.05, 4.69) is 10.3 Å². The molecule has 0 atom stereocenters. The summed E-state index contributed by atoms with van der Waals surface area (Å²) in [7, 11) is 1.58. The second kappa shape index (κ2) is 7.13. The number of carbonyl (C=O) groups excluding carboxylic acids is 1. The van der Waals surface area contributed by atoms with Crippen molar-refractivity contribution in [1.82, 2.24) is 4.98 Å². The van der Waals surface area contributed by atoms with Crippen LogP contribution in [0.3, 0.4) is 0 Å². The van der Waals surface area contributed by atoms with E-state index in [0.717, 1.165) is 11.1 Å². The SMILES string of the molecule is COc1ncc(NC(=O)OC(C)(C)C)cc1Cc1ccccc1. The van der Waals surface area contributed by atoms with Crippen molar-refractivity contribution in [3.63, 3.8) is 0 Å². The van der Waals surface area contributed by atoms with Crippen LogP contribution in [0.5, 0.6) is 5.88 Å². The number of nitrogens with one attached hydrogen (secondary N) is 1. The third kappa shape index (κ3) is 5.29. The Bertz CT molecular complexity index is 664. The van der Waals surface area contributed by atoms with Crippen LogP contribution in [0.2, 0.25) is 0 Å². The van der Waals surface area contributed by atoms with Crippen LogP contribution in [0.4, 0.5) is 10.5 Å². The zero-order chi connectivity index (χ0) is 16.9. The molecule has 5 nitrogen and oxygen atoms in total. The first kappa shape index (κ1) is 16.8. The van der Waals surface area contributed by atoms with Gasteiger partial charge in [-0.2, -0.15) is 0 Å². The number of pyridine rings is 1. The van der Waals surface area contributed by atoms with Crippen molar-refractivity contribution in [2.24, 2.45) is 0 Å². The molecule has 0 aliphatic carbocycles. The van der Waals surface area contributed by atoms with E-state index < -0.39 is 11.7 Å². The normalized spacial score (nSPS) is 11.0. The third-order valence-corrected chi connectivity index (χ3v) is 3.00. The average molecular weight is 314 g/mol. The van der Waals surface area contributed by atoms with Gasteiger partial charge >= 0.3 is 6.09 Å². The number of nitrogens with zero attached hydrogens (tertiary/aromatic N) is 1. The molecular weight excluding hydrogens is 292 g/mol. The molecule has 0 saturated heterocycles. The van der Waals surface area contributed by atoms with Gasteiger partial charge in [-0.15, -0.1) is 0 Å². The Kier molecular flexibility index (Phi) is 5.21. The minimum Gasteiger partial charge on any atom is -0.481 e. The number of ether oxygens (including phenoxy) is 2. The molecule has 1 aromatic carbocycles. The third-order valence-electron chi connectivity index (χ3n) is 3.00. The smallest absolute Gasteiger partial charge is 0.412 e. The summed E-state index contributed by atoms with van der Waals surface area (Å²) in [6.45, 7) is 5.46. The molecule has 0 aliphatic rings. The molecule has 2 rings (SSSR count). The maximum absolute atomic E-state index is 11.9. The first-order valence-electron chi connectivity index (χ1n) is 7.44. The lowest BCUT2D eigenvalue weighted by molar-refractivity contribution is 0.0636. The molecule has 0 radical (unpaired) electrons. The number of benzene rings is 1. The van der Waals surface area contributed by atoms with E-state index >= 15 is 0 Å². The van der Waals surface area contributed by atoms with Crippen LogP contribution < -0.4 is 10.1 Å². The summed E-state index contributed by atoms with van der Waals surface area (Å²) in [4.78, 5) is 16.1. The van der Waals surface area contributed by atoms with Crippen molar-refractivity contribution >= 4 is 11.8 Å². The Labute approximate surface area is 136 Å². The fourth-order valence-electron chi connectivity index (χ4n) is 2.11. The maximum Gasteiger partial charge on any atom is 0.412 e. The topological polar surface area (TPSA) is 60.5 Å². The van der Waals surface area contributed by atoms with Gasteiger partial charge in [-0.25, -0.2) is 9.78 Å². The van der Waals surface area contributed by atoms with Crippen LogP contribution >= 0.6 is 0 Å². The highest BCUT2D eigenvalue weighted by atomic mass is 16.6. The van der Waals surface area contributed by atoms with E-state index in [4.69, 9.17) is 9.47 Å². The van der Waals surface area contributed by atoms with E-state index in [1.54, 1.807) is 13.3 Å². The van der Waals surface area contributed by atoms with Crippen LogP contribution in [0.15, 0.2) is 42.6 Å². The van der Waals surface area contributed by atoms with E-state index in [9.17, 15) is 4.79 Å². The molecule has 5 heteroatoms. The molecule has 0 saturated carbocycles. The van der Waals surface area contributed by atoms with Crippen LogP contribution in [0.25, 0.3) is 0 Å². The van der Waals surface area contributed by atoms with Gasteiger partial charge in [-0.05, 0) is 32.4 Å². The fraction of sp³-hybridized carbons (Fsp3) is 0.333. The lowest BCUT2D eigenvalue weighted by atomic mass is 10.1. The summed E-state index contributed by atoms with van der Waals surface area (Å²) in [6.07, 6.45) is 1.72. The Morgan fingerprint density at radius 2 is 1.91 bits per heavy atom. The number of hydrogen-bond acceptors (Lipinski definition) is 4. The molecule has 1 amide bonds. The van der Waals surface area contributed by atoms with Gasteiger partial charge < -0.3 is 9.47 Å². The minimum atomic E-state index is -0.545. The zero-order valence-electron chi connectivity index (χ0n) is 13.9. The van der Waals surface area contributed by atoms with Crippen LogP contribution in [0, 0.1) is 0 Å². The van der Waals surface area contributed by atoms with Crippen LogP contribution in [-0.2, 0) is 11.2 Å². The molecule has 1 aromatic heterocycles. The highest BCUT2D eigenvalue weighted by Crippen LogP contribution is 2.23. The van der Waals surface area contributed by atoms with Gasteiger partial charge in [0.2, 0.25) is 5.88 Å². The molecule has 122 valence electrons. The Morgan fingerprint density at radius 1 is 1.22 bits per heavy atom. The molecule has 0 fully saturated rings. The van der Waals surface area contributed by atoms with Gasteiger partial charge in [-0.1, -0.05) is 30.3 Å². The van der Waals surface area contributed by atoms with Crippen molar-refractivity contribution in [2.45, 2.75) is 32.8 Å². The van der Waals surface area contributed by atoms with Crippen molar-refractivity contribution in [3.8, 4) is 5.88 Å². The first-order valence-corrected chi connectivity index (χ1v) is 7.44. The van der Waals surface area contributed by atoms with E-state index in [-0.39, 0.29) is 0 Å². The highest BCUT2D eigenvalue weighted by molar-refractivity contribution is 5.84. The molecular formula is C18H22N2O3. The standard InChI is InChI=1S/C18H22N2O3/c1-18(2,3)23-17(21)20-15-11-14(16(22-4)19-12-15)10-13-8-6-5-7-9-13/h5-9,11-12H,10H2,1-4H3,(H,20,21). The quantitative estimate of drug-likeness (QED) is 0.925. The Morgan fingerprint density at radius 3 is 2.52 bits per heavy atom. The molecule has 0 bridgehead atoms. The minimum absolute atomic E-state index is 0.505. The molecule has 0 aliphatic heterocycles. The second-order valence-electron chi connectivity index (χ2n) is 6.18. The van der Waals surface area contributed by atoms with E-state index in [1.807, 2.05) is 57.2 Å². The highest BCUT2D eigenvalue weighted by Gasteiger charge is 2.17. The number of aromatic nitrogens is 1. The molecule has 1 heterocycles. The summed E-state index contributed by atoms with van der Waals surface area (Å²) < 4.78 is 10.6. The largest absolute Gasteiger partial charge is 0.481 e. The summed E-state index contributed by atoms with van der Waals surface area (Å²) in [5.74, 6) is 0.545. The number of anilines is 1. The van der Waals surface area contributed by atoms with Crippen molar-refractivity contribution in [2.75, 3.05) is 12.4 Å². The van der Waals surface area contributed by atoms with Gasteiger partial charge in [0.15, 0.2) is 0 Å². The molecule has 1 N–H and O–H groups in total. The number of amides is 1. The summed E-state index contributed by atoms with van der Waals surface area (Å²) >= 11 is 0. The van der Waals surface area contributed by atoms with Gasteiger partial charge in [0.25, 0.3) is 0 Å². The summed E-state index contributed by atoms with van der Waals surface area (Å²) in [6, 6.07) is 11.9. The first-order chi connectivity index (χ1) is 10.9. The van der Waals surface area contributed by atoms with Crippen molar-refractivity contribution in [3.05, 3.63) is 53.7 Å². The lowest BCUT2D eigenvalue weighted by Crippen LogP contribution is -2.27. The average Bonchev–Trinajstić information content (AvgIpc) is 2.46. The second-order valence-corrected chi connectivity index (χ2v) is 6.18. The predicted octanol–water partition coefficient (Wildman–Crippen LogP) is 4.03. The van der Waals surface area contributed by atoms with E-state index in [1.165, 1.54) is 0 Å². The Hall–Kier alpha value is -2.56. The molecule has 0 spiro atoms. The summed E-state index contributed by atoms with van der Waals surface area (Å²) in [5.41, 5.74) is 2.07. The number of carbonyl (C=O) groups is 1. The van der Waals surface area contributed by atoms with E-state index in [0.29, 0.717) is 18.0 Å². The number of rotatable bonds is 4. The van der Waals surface area contributed by atoms with Crippen LogP contribution in [-0.4, -0.2) is 23.8 Å². The maximum atomic E-state index is 11.9. The zero-order valence-corrected chi connectivity index (χ0v) is 13.9. The summed E-state index contributed by atoms with van der Waals surface area (Å²) in [5, 5.41) is 2.70. The van der Waals surface area contributed by atoms with Gasteiger partial charge in [-0.3, -0.25) is 5.32 Å². The fourth-order valence-corrected chi connectivity index (χ4v) is 2.11. The Balaban J connectivity index is 2.17.